The van der Waals surface area contributed by atoms with Gasteiger partial charge in [0.25, 0.3) is 0 Å². The topological polar surface area (TPSA) is 52.6 Å². The van der Waals surface area contributed by atoms with Gasteiger partial charge < -0.3 is 9.47 Å². The van der Waals surface area contributed by atoms with Crippen LogP contribution in [-0.4, -0.2) is 25.2 Å². The van der Waals surface area contributed by atoms with Gasteiger partial charge in [0.05, 0.1) is 0 Å². The van der Waals surface area contributed by atoms with Crippen LogP contribution >= 0.6 is 0 Å². The van der Waals surface area contributed by atoms with Crippen molar-refractivity contribution < 1.29 is 19.1 Å². The zero-order chi connectivity index (χ0) is 20.0. The molecular weight excluding hydrogens is 340 g/mol. The fourth-order valence-corrected chi connectivity index (χ4v) is 2.56. The van der Waals surface area contributed by atoms with E-state index in [0.29, 0.717) is 19.6 Å². The fraction of sp³-hybridized carbons (Fsp3) is 0.739. The Labute approximate surface area is 166 Å². The first kappa shape index (κ1) is 25.4. The second kappa shape index (κ2) is 20.7. The van der Waals surface area contributed by atoms with Crippen molar-refractivity contribution in [3.63, 3.8) is 0 Å². The lowest BCUT2D eigenvalue weighted by atomic mass is 10.1. The van der Waals surface area contributed by atoms with Gasteiger partial charge in [-0.25, -0.2) is 0 Å². The van der Waals surface area contributed by atoms with Crippen LogP contribution < -0.4 is 0 Å². The molecule has 0 aromatic rings. The number of unbranched alkanes of at least 4 members (excludes halogenated alkanes) is 8. The first-order valence-corrected chi connectivity index (χ1v) is 10.8. The van der Waals surface area contributed by atoms with Gasteiger partial charge in [-0.3, -0.25) is 9.59 Å². The number of carbonyl (C=O) groups is 2. The summed E-state index contributed by atoms with van der Waals surface area (Å²) < 4.78 is 10.2. The third kappa shape index (κ3) is 20.6. The zero-order valence-electron chi connectivity index (χ0n) is 17.5. The average molecular weight is 381 g/mol. The third-order valence-electron chi connectivity index (χ3n) is 4.21. The minimum Gasteiger partial charge on any atom is -0.461 e. The molecule has 156 valence electrons. The van der Waals surface area contributed by atoms with Crippen molar-refractivity contribution in [2.75, 3.05) is 13.2 Å². The summed E-state index contributed by atoms with van der Waals surface area (Å²) in [7, 11) is 0. The summed E-state index contributed by atoms with van der Waals surface area (Å²) in [5.41, 5.74) is 0. The number of allylic oxidation sites excluding steroid dienone is 2. The molecule has 0 bridgehead atoms. The first-order valence-electron chi connectivity index (χ1n) is 10.8. The Hall–Kier alpha value is -1.58. The van der Waals surface area contributed by atoms with Crippen LogP contribution in [0.1, 0.15) is 97.3 Å². The molecule has 0 radical (unpaired) electrons. The Bertz CT molecular complexity index is 413. The molecule has 0 fully saturated rings. The summed E-state index contributed by atoms with van der Waals surface area (Å²) in [6.07, 6.45) is 21.1. The van der Waals surface area contributed by atoms with E-state index in [2.05, 4.69) is 19.9 Å². The van der Waals surface area contributed by atoms with Crippen molar-refractivity contribution in [1.29, 1.82) is 0 Å². The average Bonchev–Trinajstić information content (AvgIpc) is 2.66. The van der Waals surface area contributed by atoms with Crippen molar-refractivity contribution in [3.8, 4) is 0 Å². The highest BCUT2D eigenvalue weighted by Gasteiger charge is 2.06. The van der Waals surface area contributed by atoms with Crippen LogP contribution in [0, 0.1) is 0 Å². The first-order chi connectivity index (χ1) is 13.2. The van der Waals surface area contributed by atoms with Gasteiger partial charge in [0.15, 0.2) is 0 Å². The van der Waals surface area contributed by atoms with Gasteiger partial charge in [-0.1, -0.05) is 83.1 Å². The quantitative estimate of drug-likeness (QED) is 0.159. The van der Waals surface area contributed by atoms with E-state index in [0.717, 1.165) is 19.3 Å². The Morgan fingerprint density at radius 1 is 0.593 bits per heavy atom. The Kier molecular flexibility index (Phi) is 19.5. The molecule has 0 aromatic carbocycles. The van der Waals surface area contributed by atoms with Gasteiger partial charge in [-0.15, -0.1) is 0 Å². The van der Waals surface area contributed by atoms with Gasteiger partial charge in [0.1, 0.15) is 13.2 Å². The van der Waals surface area contributed by atoms with E-state index in [9.17, 15) is 9.59 Å². The maximum Gasteiger partial charge on any atom is 0.306 e. The van der Waals surface area contributed by atoms with Gasteiger partial charge in [0, 0.05) is 12.8 Å². The lowest BCUT2D eigenvalue weighted by Crippen LogP contribution is -2.08. The van der Waals surface area contributed by atoms with Gasteiger partial charge in [-0.2, -0.15) is 0 Å². The van der Waals surface area contributed by atoms with Crippen molar-refractivity contribution in [2.24, 2.45) is 0 Å². The molecule has 0 aliphatic heterocycles. The summed E-state index contributed by atoms with van der Waals surface area (Å²) in [6.45, 7) is 4.97. The summed E-state index contributed by atoms with van der Waals surface area (Å²) in [4.78, 5) is 23.1. The van der Waals surface area contributed by atoms with E-state index in [4.69, 9.17) is 9.47 Å². The zero-order valence-corrected chi connectivity index (χ0v) is 17.5. The normalized spacial score (nSPS) is 11.3. The molecule has 0 saturated heterocycles. The second-order valence-electron chi connectivity index (χ2n) is 6.86. The molecule has 0 aromatic heterocycles. The molecule has 27 heavy (non-hydrogen) atoms. The molecule has 4 nitrogen and oxygen atoms in total. The molecule has 0 spiro atoms. The van der Waals surface area contributed by atoms with E-state index >= 15 is 0 Å². The van der Waals surface area contributed by atoms with Crippen molar-refractivity contribution >= 4 is 11.9 Å². The highest BCUT2D eigenvalue weighted by Crippen LogP contribution is 2.08. The summed E-state index contributed by atoms with van der Waals surface area (Å²) in [5.74, 6) is -0.523. The number of hydrogen-bond acceptors (Lipinski definition) is 4. The fourth-order valence-electron chi connectivity index (χ4n) is 2.56. The number of esters is 2. The molecule has 0 aliphatic rings. The molecule has 0 unspecified atom stereocenters. The molecule has 0 heterocycles. The highest BCUT2D eigenvalue weighted by atomic mass is 16.5. The van der Waals surface area contributed by atoms with Crippen LogP contribution in [-0.2, 0) is 19.1 Å². The van der Waals surface area contributed by atoms with Gasteiger partial charge in [0.2, 0.25) is 0 Å². The summed E-state index contributed by atoms with van der Waals surface area (Å²) in [5, 5.41) is 0. The monoisotopic (exact) mass is 380 g/mol. The molecule has 0 rings (SSSR count). The maximum absolute atomic E-state index is 11.6. The number of carbonyl (C=O) groups excluding carboxylic acids is 2. The van der Waals surface area contributed by atoms with Crippen molar-refractivity contribution in [3.05, 3.63) is 24.3 Å². The minimum atomic E-state index is -0.265. The van der Waals surface area contributed by atoms with Gasteiger partial charge in [-0.05, 0) is 25.7 Å². The Morgan fingerprint density at radius 2 is 1.11 bits per heavy atom. The second-order valence-corrected chi connectivity index (χ2v) is 6.86. The van der Waals surface area contributed by atoms with Crippen LogP contribution in [0.5, 0.6) is 0 Å². The van der Waals surface area contributed by atoms with Crippen LogP contribution in [0.2, 0.25) is 0 Å². The number of ether oxygens (including phenoxy) is 2. The number of hydrogen-bond donors (Lipinski definition) is 0. The van der Waals surface area contributed by atoms with Crippen LogP contribution in [0.4, 0.5) is 0 Å². The van der Waals surface area contributed by atoms with E-state index in [-0.39, 0.29) is 24.8 Å². The Morgan fingerprint density at radius 3 is 1.67 bits per heavy atom. The highest BCUT2D eigenvalue weighted by molar-refractivity contribution is 5.72. The smallest absolute Gasteiger partial charge is 0.306 e. The van der Waals surface area contributed by atoms with E-state index < -0.39 is 0 Å². The molecule has 0 atom stereocenters. The maximum atomic E-state index is 11.6. The Balaban J connectivity index is 3.44. The largest absolute Gasteiger partial charge is 0.461 e. The minimum absolute atomic E-state index is 0.255. The predicted molar refractivity (Wildman–Crippen MR) is 112 cm³/mol. The third-order valence-corrected chi connectivity index (χ3v) is 4.21. The lowest BCUT2D eigenvalue weighted by Gasteiger charge is -2.03. The molecule has 0 amide bonds. The van der Waals surface area contributed by atoms with E-state index in [1.165, 1.54) is 44.9 Å². The van der Waals surface area contributed by atoms with Crippen molar-refractivity contribution in [1.82, 2.24) is 0 Å². The molecule has 0 saturated carbocycles. The molecular formula is C23H40O4. The van der Waals surface area contributed by atoms with Crippen molar-refractivity contribution in [2.45, 2.75) is 97.3 Å². The van der Waals surface area contributed by atoms with Crippen LogP contribution in [0.15, 0.2) is 24.3 Å². The molecule has 0 N–H and O–H groups in total. The van der Waals surface area contributed by atoms with Gasteiger partial charge >= 0.3 is 11.9 Å². The SMILES string of the molecule is CCC/C=C/COC(=O)CCCC(=O)OC/C=C/CCCCCCCCC. The lowest BCUT2D eigenvalue weighted by molar-refractivity contribution is -0.144. The number of rotatable bonds is 18. The molecule has 4 heteroatoms. The standard InChI is InChI=1S/C23H40O4/c1-3-5-7-9-10-11-12-13-14-16-21-27-23(25)19-17-18-22(24)26-20-15-8-6-4-2/h8,14-16H,3-7,9-13,17-21H2,1-2H3/b15-8+,16-14+. The molecule has 0 aliphatic carbocycles. The van der Waals surface area contributed by atoms with E-state index in [1.807, 2.05) is 18.2 Å². The predicted octanol–water partition coefficient (Wildman–Crippen LogP) is 6.30. The summed E-state index contributed by atoms with van der Waals surface area (Å²) >= 11 is 0. The van der Waals surface area contributed by atoms with Crippen LogP contribution in [0.3, 0.4) is 0 Å². The van der Waals surface area contributed by atoms with E-state index in [1.54, 1.807) is 0 Å². The van der Waals surface area contributed by atoms with Crippen LogP contribution in [0.25, 0.3) is 0 Å². The summed E-state index contributed by atoms with van der Waals surface area (Å²) in [6, 6.07) is 0.